The van der Waals surface area contributed by atoms with E-state index in [0.29, 0.717) is 10.7 Å². The Balaban J connectivity index is 0.00000180. The lowest BCUT2D eigenvalue weighted by Gasteiger charge is -2.08. The lowest BCUT2D eigenvalue weighted by atomic mass is 10.2. The molecule has 0 atom stereocenters. The summed E-state index contributed by atoms with van der Waals surface area (Å²) in [6.07, 6.45) is 0. The highest BCUT2D eigenvalue weighted by molar-refractivity contribution is 7.92. The molecule has 102 valence electrons. The number of benzene rings is 2. The van der Waals surface area contributed by atoms with Crippen molar-refractivity contribution in [1.82, 2.24) is 0 Å². The minimum atomic E-state index is -3.54. The van der Waals surface area contributed by atoms with Gasteiger partial charge in [-0.2, -0.15) is 0 Å². The second-order valence-electron chi connectivity index (χ2n) is 3.93. The van der Waals surface area contributed by atoms with Crippen LogP contribution in [0.3, 0.4) is 0 Å². The van der Waals surface area contributed by atoms with Crippen LogP contribution in [0.1, 0.15) is 5.56 Å². The molecule has 0 heterocycles. The van der Waals surface area contributed by atoms with Crippen molar-refractivity contribution in [3.8, 4) is 0 Å². The van der Waals surface area contributed by atoms with Crippen LogP contribution in [0.5, 0.6) is 0 Å². The number of halogens is 2. The van der Waals surface area contributed by atoms with E-state index < -0.39 is 10.0 Å². The fourth-order valence-corrected chi connectivity index (χ4v) is 2.63. The minimum absolute atomic E-state index is 0. The molecule has 0 aliphatic heterocycles. The van der Waals surface area contributed by atoms with Gasteiger partial charge in [0.25, 0.3) is 10.0 Å². The third-order valence-electron chi connectivity index (χ3n) is 2.43. The molecular weight excluding hydrogens is 289 g/mol. The highest BCUT2D eigenvalue weighted by Gasteiger charge is 2.13. The van der Waals surface area contributed by atoms with Gasteiger partial charge in [-0.15, -0.1) is 0 Å². The Hall–Kier alpha value is -1.59. The molecule has 0 saturated carbocycles. The lowest BCUT2D eigenvalue weighted by molar-refractivity contribution is -0.00000600. The van der Waals surface area contributed by atoms with Crippen molar-refractivity contribution in [2.45, 2.75) is 11.8 Å². The first kappa shape index (κ1) is 15.5. The van der Waals surface area contributed by atoms with Crippen molar-refractivity contribution in [1.29, 1.82) is 0 Å². The maximum absolute atomic E-state index is 12.1. The average molecular weight is 301 g/mol. The molecule has 0 aliphatic rings. The van der Waals surface area contributed by atoms with Crippen LogP contribution in [-0.4, -0.2) is 8.42 Å². The Labute approximate surface area is 116 Å². The summed E-state index contributed by atoms with van der Waals surface area (Å²) in [6.45, 7) is 1.91. The topological polar surface area (TPSA) is 46.2 Å². The number of hydrogen-bond acceptors (Lipinski definition) is 2. The van der Waals surface area contributed by atoms with Crippen LogP contribution in [-0.2, 0) is 10.0 Å². The van der Waals surface area contributed by atoms with Gasteiger partial charge >= 0.3 is 0 Å². The summed E-state index contributed by atoms with van der Waals surface area (Å²) < 4.78 is 26.6. The number of aryl methyl sites for hydroxylation is 1. The van der Waals surface area contributed by atoms with Gasteiger partial charge in [0.15, 0.2) is 0 Å². The zero-order chi connectivity index (χ0) is 13.2. The van der Waals surface area contributed by atoms with Gasteiger partial charge < -0.3 is 4.70 Å². The molecule has 0 bridgehead atoms. The number of rotatable bonds is 3. The molecule has 0 amide bonds. The first-order valence-corrected chi connectivity index (χ1v) is 7.18. The molecule has 0 aliphatic carbocycles. The number of anilines is 1. The molecule has 2 aromatic rings. The van der Waals surface area contributed by atoms with E-state index in [-0.39, 0.29) is 9.60 Å². The Kier molecular flexibility index (Phi) is 4.91. The number of nitrogens with one attached hydrogen (secondary N) is 1. The van der Waals surface area contributed by atoms with Crippen LogP contribution in [0, 0.1) is 6.92 Å². The molecule has 0 aromatic heterocycles. The molecule has 0 spiro atoms. The van der Waals surface area contributed by atoms with E-state index in [0.717, 1.165) is 5.56 Å². The molecule has 6 heteroatoms. The minimum Gasteiger partial charge on any atom is -1.00 e. The Morgan fingerprint density at radius 1 is 0.947 bits per heavy atom. The molecule has 19 heavy (non-hydrogen) atoms. The predicted octanol–water partition coefficient (Wildman–Crippen LogP) is 0.453. The monoisotopic (exact) mass is 300 g/mol. The summed E-state index contributed by atoms with van der Waals surface area (Å²) in [6, 6.07) is 13.2. The van der Waals surface area contributed by atoms with Gasteiger partial charge in [0.1, 0.15) is 0 Å². The van der Waals surface area contributed by atoms with Gasteiger partial charge in [-0.1, -0.05) is 29.3 Å². The van der Waals surface area contributed by atoms with Crippen LogP contribution >= 0.6 is 11.6 Å². The maximum atomic E-state index is 12.1. The van der Waals surface area contributed by atoms with Crippen LogP contribution in [0.25, 0.3) is 0 Å². The number of hydrogen-bond donors (Lipinski definition) is 1. The second-order valence-corrected chi connectivity index (χ2v) is 6.04. The van der Waals surface area contributed by atoms with Crippen molar-refractivity contribution in [3.05, 3.63) is 59.1 Å². The Morgan fingerprint density at radius 3 is 2.00 bits per heavy atom. The van der Waals surface area contributed by atoms with Crippen LogP contribution < -0.4 is 9.43 Å². The highest BCUT2D eigenvalue weighted by atomic mass is 35.5. The number of sulfonamides is 1. The summed E-state index contributed by atoms with van der Waals surface area (Å²) in [5.41, 5.74) is 1.50. The second kappa shape index (κ2) is 6.04. The largest absolute Gasteiger partial charge is 1.00 e. The van der Waals surface area contributed by atoms with E-state index in [4.69, 9.17) is 11.6 Å². The van der Waals surface area contributed by atoms with Gasteiger partial charge in [0, 0.05) is 10.7 Å². The molecule has 2 rings (SSSR count). The fourth-order valence-electron chi connectivity index (χ4n) is 1.45. The molecule has 1 N–H and O–H groups in total. The molecule has 3 nitrogen and oxygen atoms in total. The fraction of sp³-hybridized carbons (Fsp3) is 0.0769. The molecular formula is C13H12ClFNO2S-. The SMILES string of the molecule is Cc1ccc(S(=O)(=O)Nc2ccc(Cl)cc2)cc1.[F-]. The first-order chi connectivity index (χ1) is 8.47. The van der Waals surface area contributed by atoms with Crippen molar-refractivity contribution >= 4 is 27.3 Å². The summed E-state index contributed by atoms with van der Waals surface area (Å²) in [5.74, 6) is 0. The molecule has 0 saturated heterocycles. The van der Waals surface area contributed by atoms with E-state index in [1.807, 2.05) is 6.92 Å². The van der Waals surface area contributed by atoms with Crippen molar-refractivity contribution in [3.63, 3.8) is 0 Å². The standard InChI is InChI=1S/C13H12ClNO2S.FH/c1-10-2-8-13(9-3-10)18(16,17)15-12-6-4-11(14)5-7-12;/h2-9,15H,1H3;1H/p-1. The van der Waals surface area contributed by atoms with Crippen LogP contribution in [0.2, 0.25) is 5.02 Å². The molecule has 0 unspecified atom stereocenters. The Morgan fingerprint density at radius 2 is 1.47 bits per heavy atom. The zero-order valence-electron chi connectivity index (χ0n) is 10.1. The zero-order valence-corrected chi connectivity index (χ0v) is 11.7. The molecule has 2 aromatic carbocycles. The van der Waals surface area contributed by atoms with E-state index in [1.165, 1.54) is 0 Å². The lowest BCUT2D eigenvalue weighted by Crippen LogP contribution is -3.00. The Bertz CT molecular complexity index is 639. The van der Waals surface area contributed by atoms with E-state index >= 15 is 0 Å². The quantitative estimate of drug-likeness (QED) is 0.895. The average Bonchev–Trinajstić information content (AvgIpc) is 2.32. The summed E-state index contributed by atoms with van der Waals surface area (Å²) in [7, 11) is -3.54. The smallest absolute Gasteiger partial charge is 0.261 e. The van der Waals surface area contributed by atoms with Gasteiger partial charge in [0.2, 0.25) is 0 Å². The predicted molar refractivity (Wildman–Crippen MR) is 73.4 cm³/mol. The molecule has 0 fully saturated rings. The third kappa shape index (κ3) is 3.94. The summed E-state index contributed by atoms with van der Waals surface area (Å²) in [4.78, 5) is 0.239. The van der Waals surface area contributed by atoms with Crippen molar-refractivity contribution < 1.29 is 13.1 Å². The van der Waals surface area contributed by atoms with Crippen LogP contribution in [0.4, 0.5) is 5.69 Å². The molecule has 0 radical (unpaired) electrons. The van der Waals surface area contributed by atoms with E-state index in [2.05, 4.69) is 4.72 Å². The highest BCUT2D eigenvalue weighted by Crippen LogP contribution is 2.18. The maximum Gasteiger partial charge on any atom is 0.261 e. The van der Waals surface area contributed by atoms with Crippen molar-refractivity contribution in [2.24, 2.45) is 0 Å². The van der Waals surface area contributed by atoms with E-state index in [9.17, 15) is 8.42 Å². The van der Waals surface area contributed by atoms with Gasteiger partial charge in [0.05, 0.1) is 4.90 Å². The first-order valence-electron chi connectivity index (χ1n) is 5.32. The van der Waals surface area contributed by atoms with Gasteiger partial charge in [-0.05, 0) is 43.3 Å². The summed E-state index contributed by atoms with van der Waals surface area (Å²) >= 11 is 5.74. The van der Waals surface area contributed by atoms with E-state index in [1.54, 1.807) is 48.5 Å². The van der Waals surface area contributed by atoms with Crippen molar-refractivity contribution in [2.75, 3.05) is 4.72 Å². The normalized spacial score (nSPS) is 10.6. The summed E-state index contributed by atoms with van der Waals surface area (Å²) in [5, 5.41) is 0.563. The third-order valence-corrected chi connectivity index (χ3v) is 4.08. The van der Waals surface area contributed by atoms with Crippen LogP contribution in [0.15, 0.2) is 53.4 Å². The van der Waals surface area contributed by atoms with Gasteiger partial charge in [-0.3, -0.25) is 4.72 Å². The van der Waals surface area contributed by atoms with Gasteiger partial charge in [-0.25, -0.2) is 8.42 Å².